The summed E-state index contributed by atoms with van der Waals surface area (Å²) in [6.07, 6.45) is 2.98. The highest BCUT2D eigenvalue weighted by molar-refractivity contribution is 9.10. The van der Waals surface area contributed by atoms with Crippen LogP contribution in [0.4, 0.5) is 0 Å². The molecule has 0 radical (unpaired) electrons. The highest BCUT2D eigenvalue weighted by atomic mass is 79.9. The number of benzene rings is 1. The molecule has 0 fully saturated rings. The molecule has 0 unspecified atom stereocenters. The zero-order chi connectivity index (χ0) is 16.1. The Kier molecular flexibility index (Phi) is 5.10. The van der Waals surface area contributed by atoms with E-state index < -0.39 is 5.97 Å². The molecule has 0 spiro atoms. The average molecular weight is 389 g/mol. The minimum atomic E-state index is -0.401. The zero-order valence-electron chi connectivity index (χ0n) is 12.1. The first kappa shape index (κ1) is 15.8. The minimum Gasteiger partial charge on any atom is -0.458 e. The second-order valence-corrected chi connectivity index (χ2v) is 6.61. The van der Waals surface area contributed by atoms with Crippen LogP contribution in [0.2, 0.25) is 0 Å². The normalized spacial score (nSPS) is 11.0. The molecule has 23 heavy (non-hydrogen) atoms. The van der Waals surface area contributed by atoms with E-state index in [2.05, 4.69) is 15.9 Å². The molecule has 0 aliphatic rings. The van der Waals surface area contributed by atoms with Gasteiger partial charge in [-0.05, 0) is 47.4 Å². The molecule has 2 heterocycles. The maximum absolute atomic E-state index is 11.7. The van der Waals surface area contributed by atoms with Crippen LogP contribution in [0, 0.1) is 0 Å². The molecule has 0 saturated heterocycles. The van der Waals surface area contributed by atoms with E-state index in [4.69, 9.17) is 9.15 Å². The number of ether oxygens (including phenoxy) is 1. The maximum Gasteiger partial charge on any atom is 0.331 e. The number of rotatable bonds is 5. The number of hydrogen-bond acceptors (Lipinski definition) is 4. The van der Waals surface area contributed by atoms with Gasteiger partial charge in [0.25, 0.3) is 0 Å². The predicted molar refractivity (Wildman–Crippen MR) is 95.0 cm³/mol. The molecule has 0 aliphatic carbocycles. The molecule has 0 aliphatic heterocycles. The van der Waals surface area contributed by atoms with Gasteiger partial charge in [0.15, 0.2) is 0 Å². The predicted octanol–water partition coefficient (Wildman–Crippen LogP) is 5.53. The lowest BCUT2D eigenvalue weighted by atomic mass is 10.2. The topological polar surface area (TPSA) is 39.4 Å². The highest BCUT2D eigenvalue weighted by Gasteiger charge is 2.04. The second kappa shape index (κ2) is 7.44. The number of thiophene rings is 1. The van der Waals surface area contributed by atoms with Crippen molar-refractivity contribution in [1.82, 2.24) is 0 Å². The molecule has 116 valence electrons. The largest absolute Gasteiger partial charge is 0.458 e. The summed E-state index contributed by atoms with van der Waals surface area (Å²) in [6, 6.07) is 15.3. The fourth-order valence-corrected chi connectivity index (χ4v) is 2.88. The van der Waals surface area contributed by atoms with E-state index in [0.29, 0.717) is 5.76 Å². The summed E-state index contributed by atoms with van der Waals surface area (Å²) >= 11 is 4.97. The fourth-order valence-electron chi connectivity index (χ4n) is 1.93. The van der Waals surface area contributed by atoms with E-state index in [1.165, 1.54) is 6.08 Å². The van der Waals surface area contributed by atoms with Gasteiger partial charge in [0.05, 0.1) is 4.88 Å². The molecule has 3 rings (SSSR count). The van der Waals surface area contributed by atoms with Crippen LogP contribution in [-0.2, 0) is 16.1 Å². The van der Waals surface area contributed by atoms with Crippen LogP contribution in [0.15, 0.2) is 68.9 Å². The molecule has 3 aromatic rings. The lowest BCUT2D eigenvalue weighted by Gasteiger charge is -2.02. The number of furan rings is 1. The van der Waals surface area contributed by atoms with Gasteiger partial charge in [-0.15, -0.1) is 11.3 Å². The Balaban J connectivity index is 1.55. The summed E-state index contributed by atoms with van der Waals surface area (Å²) in [7, 11) is 0. The first-order chi connectivity index (χ1) is 11.2. The summed E-state index contributed by atoms with van der Waals surface area (Å²) in [5, 5.41) is 1.99. The molecule has 0 N–H and O–H groups in total. The first-order valence-electron chi connectivity index (χ1n) is 6.94. The van der Waals surface area contributed by atoms with Gasteiger partial charge in [-0.2, -0.15) is 0 Å². The third-order valence-electron chi connectivity index (χ3n) is 3.07. The van der Waals surface area contributed by atoms with E-state index in [0.717, 1.165) is 20.7 Å². The third-order valence-corrected chi connectivity index (χ3v) is 4.48. The van der Waals surface area contributed by atoms with Crippen molar-refractivity contribution in [3.8, 4) is 10.6 Å². The van der Waals surface area contributed by atoms with Crippen LogP contribution < -0.4 is 0 Å². The molecule has 0 bridgehead atoms. The van der Waals surface area contributed by atoms with Crippen molar-refractivity contribution in [2.75, 3.05) is 0 Å². The number of halogens is 1. The van der Waals surface area contributed by atoms with E-state index in [1.807, 2.05) is 53.9 Å². The molecule has 0 saturated carbocycles. The van der Waals surface area contributed by atoms with Gasteiger partial charge in [0.1, 0.15) is 18.1 Å². The second-order valence-electron chi connectivity index (χ2n) is 4.75. The van der Waals surface area contributed by atoms with Crippen molar-refractivity contribution in [3.05, 3.63) is 75.8 Å². The van der Waals surface area contributed by atoms with Crippen LogP contribution in [0.1, 0.15) is 11.3 Å². The van der Waals surface area contributed by atoms with Crippen molar-refractivity contribution in [1.29, 1.82) is 0 Å². The van der Waals surface area contributed by atoms with Crippen LogP contribution in [0.5, 0.6) is 0 Å². The van der Waals surface area contributed by atoms with Gasteiger partial charge in [-0.1, -0.05) is 34.1 Å². The van der Waals surface area contributed by atoms with E-state index in [-0.39, 0.29) is 6.61 Å². The lowest BCUT2D eigenvalue weighted by Crippen LogP contribution is -2.00. The molecular weight excluding hydrogens is 376 g/mol. The van der Waals surface area contributed by atoms with Gasteiger partial charge in [0.2, 0.25) is 0 Å². The monoisotopic (exact) mass is 388 g/mol. The van der Waals surface area contributed by atoms with Crippen molar-refractivity contribution in [2.45, 2.75) is 6.61 Å². The molecular formula is C18H13BrO3S. The standard InChI is InChI=1S/C18H13BrO3S/c19-14-5-3-13(4-6-14)12-21-18(20)10-8-15-7-9-16(22-15)17-2-1-11-23-17/h1-11H,12H2/b10-8+. The Morgan fingerprint density at radius 1 is 1.17 bits per heavy atom. The maximum atomic E-state index is 11.7. The number of hydrogen-bond donors (Lipinski definition) is 0. The molecule has 1 aromatic carbocycles. The van der Waals surface area contributed by atoms with Gasteiger partial charge < -0.3 is 9.15 Å². The summed E-state index contributed by atoms with van der Waals surface area (Å²) in [4.78, 5) is 12.8. The first-order valence-corrected chi connectivity index (χ1v) is 8.61. The Morgan fingerprint density at radius 2 is 2.00 bits per heavy atom. The number of carbonyl (C=O) groups excluding carboxylic acids is 1. The van der Waals surface area contributed by atoms with Gasteiger partial charge in [-0.25, -0.2) is 4.79 Å². The molecule has 5 heteroatoms. The van der Waals surface area contributed by atoms with Crippen molar-refractivity contribution in [3.63, 3.8) is 0 Å². The zero-order valence-corrected chi connectivity index (χ0v) is 14.5. The Morgan fingerprint density at radius 3 is 2.74 bits per heavy atom. The Bertz CT molecular complexity index is 801. The van der Waals surface area contributed by atoms with Crippen molar-refractivity contribution in [2.24, 2.45) is 0 Å². The van der Waals surface area contributed by atoms with Crippen LogP contribution in [0.25, 0.3) is 16.7 Å². The highest BCUT2D eigenvalue weighted by Crippen LogP contribution is 2.26. The Hall–Kier alpha value is -2.11. The SMILES string of the molecule is O=C(/C=C/c1ccc(-c2cccs2)o1)OCc1ccc(Br)cc1. The van der Waals surface area contributed by atoms with E-state index in [9.17, 15) is 4.79 Å². The molecule has 2 aromatic heterocycles. The van der Waals surface area contributed by atoms with Crippen molar-refractivity contribution >= 4 is 39.3 Å². The summed E-state index contributed by atoms with van der Waals surface area (Å²) in [5.41, 5.74) is 0.938. The van der Waals surface area contributed by atoms with Crippen LogP contribution in [0.3, 0.4) is 0 Å². The summed E-state index contributed by atoms with van der Waals surface area (Å²) in [6.45, 7) is 0.245. The fraction of sp³-hybridized carbons (Fsp3) is 0.0556. The average Bonchev–Trinajstić information content (AvgIpc) is 3.23. The number of esters is 1. The van der Waals surface area contributed by atoms with E-state index >= 15 is 0 Å². The number of carbonyl (C=O) groups is 1. The quantitative estimate of drug-likeness (QED) is 0.426. The molecule has 3 nitrogen and oxygen atoms in total. The van der Waals surface area contributed by atoms with Crippen LogP contribution >= 0.6 is 27.3 Å². The summed E-state index contributed by atoms with van der Waals surface area (Å²) in [5.74, 6) is 1.01. The molecule has 0 atom stereocenters. The summed E-state index contributed by atoms with van der Waals surface area (Å²) < 4.78 is 11.8. The smallest absolute Gasteiger partial charge is 0.331 e. The van der Waals surface area contributed by atoms with Gasteiger partial charge in [0, 0.05) is 10.5 Å². The Labute approximate surface area is 146 Å². The van der Waals surface area contributed by atoms with Crippen LogP contribution in [-0.4, -0.2) is 5.97 Å². The van der Waals surface area contributed by atoms with E-state index in [1.54, 1.807) is 17.4 Å². The minimum absolute atomic E-state index is 0.245. The third kappa shape index (κ3) is 4.43. The van der Waals surface area contributed by atoms with Gasteiger partial charge in [-0.3, -0.25) is 0 Å². The van der Waals surface area contributed by atoms with Gasteiger partial charge >= 0.3 is 5.97 Å². The van der Waals surface area contributed by atoms with Crippen molar-refractivity contribution < 1.29 is 13.9 Å². The lowest BCUT2D eigenvalue weighted by molar-refractivity contribution is -0.138. The molecule has 0 amide bonds.